The van der Waals surface area contributed by atoms with Gasteiger partial charge in [-0.05, 0) is 6.42 Å². The van der Waals surface area contributed by atoms with E-state index >= 15 is 0 Å². The number of nitrogens with one attached hydrogen (secondary N) is 2. The van der Waals surface area contributed by atoms with Crippen LogP contribution >= 0.6 is 35.3 Å². The Hall–Kier alpha value is -1.16. The van der Waals surface area contributed by atoms with Crippen LogP contribution in [0.1, 0.15) is 49.2 Å². The molecule has 2 N–H and O–H groups in total. The Morgan fingerprint density at radius 3 is 2.56 bits per heavy atom. The Labute approximate surface area is 171 Å². The molecule has 0 unspecified atom stereocenters. The number of halogens is 1. The number of thiazole rings is 1. The summed E-state index contributed by atoms with van der Waals surface area (Å²) in [5.74, 6) is 2.28. The number of rotatable bonds is 6. The second kappa shape index (κ2) is 10.1. The summed E-state index contributed by atoms with van der Waals surface area (Å²) in [7, 11) is 1.75. The highest BCUT2D eigenvalue weighted by Crippen LogP contribution is 2.22. The molecule has 0 saturated heterocycles. The van der Waals surface area contributed by atoms with Crippen molar-refractivity contribution < 1.29 is 4.42 Å². The van der Waals surface area contributed by atoms with E-state index in [2.05, 4.69) is 53.3 Å². The molecule has 0 saturated carbocycles. The van der Waals surface area contributed by atoms with Crippen LogP contribution in [0.25, 0.3) is 0 Å². The fraction of sp³-hybridized carbons (Fsp3) is 0.588. The van der Waals surface area contributed by atoms with E-state index in [0.717, 1.165) is 36.1 Å². The number of aromatic nitrogens is 2. The number of aliphatic imine (C=N–C) groups is 1. The van der Waals surface area contributed by atoms with E-state index in [9.17, 15) is 0 Å². The lowest BCUT2D eigenvalue weighted by Gasteiger charge is -2.13. The average molecular weight is 477 g/mol. The van der Waals surface area contributed by atoms with Crippen molar-refractivity contribution in [2.45, 2.75) is 52.5 Å². The van der Waals surface area contributed by atoms with Crippen LogP contribution in [0.4, 0.5) is 0 Å². The van der Waals surface area contributed by atoms with Gasteiger partial charge in [0, 0.05) is 36.5 Å². The third kappa shape index (κ3) is 6.93. The van der Waals surface area contributed by atoms with E-state index < -0.39 is 0 Å². The Bertz CT molecular complexity index is 675. The van der Waals surface area contributed by atoms with Crippen molar-refractivity contribution >= 4 is 41.3 Å². The third-order valence-electron chi connectivity index (χ3n) is 3.50. The monoisotopic (exact) mass is 477 g/mol. The SMILES string of the molecule is CCc1cnc(CCNC(=NC)NCc2ncc(C(C)(C)C)o2)s1.I. The second-order valence-corrected chi connectivity index (χ2v) is 7.74. The van der Waals surface area contributed by atoms with Crippen LogP contribution < -0.4 is 10.6 Å². The zero-order chi connectivity index (χ0) is 17.6. The lowest BCUT2D eigenvalue weighted by atomic mass is 9.94. The van der Waals surface area contributed by atoms with Gasteiger partial charge in [0.1, 0.15) is 5.76 Å². The molecule has 2 rings (SSSR count). The Kier molecular flexibility index (Phi) is 8.84. The number of hydrogen-bond acceptors (Lipinski definition) is 5. The Balaban J connectivity index is 0.00000312. The van der Waals surface area contributed by atoms with Gasteiger partial charge in [-0.1, -0.05) is 27.7 Å². The highest BCUT2D eigenvalue weighted by Gasteiger charge is 2.19. The minimum atomic E-state index is -0.0315. The minimum Gasteiger partial charge on any atom is -0.443 e. The van der Waals surface area contributed by atoms with Gasteiger partial charge in [0.15, 0.2) is 5.96 Å². The van der Waals surface area contributed by atoms with Crippen molar-refractivity contribution in [3.63, 3.8) is 0 Å². The van der Waals surface area contributed by atoms with E-state index in [4.69, 9.17) is 4.42 Å². The second-order valence-electron chi connectivity index (χ2n) is 6.54. The zero-order valence-corrected chi connectivity index (χ0v) is 18.7. The van der Waals surface area contributed by atoms with Gasteiger partial charge in [-0.2, -0.15) is 0 Å². The Morgan fingerprint density at radius 1 is 1.24 bits per heavy atom. The van der Waals surface area contributed by atoms with Crippen molar-refractivity contribution in [2.75, 3.05) is 13.6 Å². The summed E-state index contributed by atoms with van der Waals surface area (Å²) in [5.41, 5.74) is -0.0315. The molecule has 140 valence electrons. The van der Waals surface area contributed by atoms with E-state index in [0.29, 0.717) is 12.4 Å². The molecule has 0 spiro atoms. The first kappa shape index (κ1) is 21.9. The predicted molar refractivity (Wildman–Crippen MR) is 114 cm³/mol. The summed E-state index contributed by atoms with van der Waals surface area (Å²) in [4.78, 5) is 14.3. The van der Waals surface area contributed by atoms with Crippen LogP contribution in [0, 0.1) is 0 Å². The van der Waals surface area contributed by atoms with Crippen molar-refractivity contribution in [3.8, 4) is 0 Å². The number of aryl methyl sites for hydroxylation is 1. The van der Waals surface area contributed by atoms with Gasteiger partial charge < -0.3 is 15.1 Å². The molecule has 0 fully saturated rings. The highest BCUT2D eigenvalue weighted by molar-refractivity contribution is 14.0. The molecule has 6 nitrogen and oxygen atoms in total. The van der Waals surface area contributed by atoms with Crippen LogP contribution in [-0.2, 0) is 24.8 Å². The average Bonchev–Trinajstić information content (AvgIpc) is 3.19. The van der Waals surface area contributed by atoms with Crippen LogP contribution in [0.15, 0.2) is 21.8 Å². The summed E-state index contributed by atoms with van der Waals surface area (Å²) in [5, 5.41) is 7.66. The van der Waals surface area contributed by atoms with Crippen molar-refractivity contribution in [1.29, 1.82) is 0 Å². The van der Waals surface area contributed by atoms with Gasteiger partial charge in [-0.15, -0.1) is 35.3 Å². The maximum Gasteiger partial charge on any atom is 0.213 e. The summed E-state index contributed by atoms with van der Waals surface area (Å²) < 4.78 is 5.77. The first-order chi connectivity index (χ1) is 11.4. The number of nitrogens with zero attached hydrogens (tertiary/aromatic N) is 3. The quantitative estimate of drug-likeness (QED) is 0.379. The molecule has 0 aliphatic heterocycles. The molecule has 2 aromatic rings. The molecule has 0 radical (unpaired) electrons. The van der Waals surface area contributed by atoms with Crippen LogP contribution in [0.3, 0.4) is 0 Å². The zero-order valence-electron chi connectivity index (χ0n) is 15.5. The standard InChI is InChI=1S/C17H27N5OS.HI/c1-6-12-9-21-15(24-12)7-8-19-16(18-5)22-11-14-20-10-13(23-14)17(2,3)4;/h9-10H,6-8,11H2,1-5H3,(H2,18,19,22);1H. The van der Waals surface area contributed by atoms with Gasteiger partial charge in [0.2, 0.25) is 5.89 Å². The van der Waals surface area contributed by atoms with Gasteiger partial charge >= 0.3 is 0 Å². The molecule has 25 heavy (non-hydrogen) atoms. The Morgan fingerprint density at radius 2 is 2.00 bits per heavy atom. The van der Waals surface area contributed by atoms with Crippen LogP contribution in [-0.4, -0.2) is 29.5 Å². The lowest BCUT2D eigenvalue weighted by molar-refractivity contribution is 0.379. The largest absolute Gasteiger partial charge is 0.443 e. The molecular weight excluding hydrogens is 449 g/mol. The fourth-order valence-electron chi connectivity index (χ4n) is 2.03. The third-order valence-corrected chi connectivity index (χ3v) is 4.71. The molecule has 0 aromatic carbocycles. The molecule has 0 bridgehead atoms. The molecule has 0 aliphatic rings. The predicted octanol–water partition coefficient (Wildman–Crippen LogP) is 3.52. The van der Waals surface area contributed by atoms with Crippen molar-refractivity contribution in [2.24, 2.45) is 4.99 Å². The summed E-state index contributed by atoms with van der Waals surface area (Å²) in [6, 6.07) is 0. The fourth-order valence-corrected chi connectivity index (χ4v) is 2.90. The number of oxazole rings is 1. The number of guanidine groups is 1. The topological polar surface area (TPSA) is 75.3 Å². The maximum absolute atomic E-state index is 5.77. The molecule has 8 heteroatoms. The molecule has 2 heterocycles. The molecule has 2 aromatic heterocycles. The van der Waals surface area contributed by atoms with E-state index in [1.54, 1.807) is 24.6 Å². The first-order valence-electron chi connectivity index (χ1n) is 8.25. The first-order valence-corrected chi connectivity index (χ1v) is 9.07. The van der Waals surface area contributed by atoms with Gasteiger partial charge in [-0.25, -0.2) is 9.97 Å². The summed E-state index contributed by atoms with van der Waals surface area (Å²) in [6.07, 6.45) is 5.68. The molecular formula is C17H28IN5OS. The molecule has 0 aliphatic carbocycles. The highest BCUT2D eigenvalue weighted by atomic mass is 127. The molecule has 0 amide bonds. The van der Waals surface area contributed by atoms with Gasteiger partial charge in [0.05, 0.1) is 17.7 Å². The normalized spacial score (nSPS) is 12.0. The van der Waals surface area contributed by atoms with Crippen LogP contribution in [0.2, 0.25) is 0 Å². The molecule has 0 atom stereocenters. The number of hydrogen-bond donors (Lipinski definition) is 2. The van der Waals surface area contributed by atoms with Gasteiger partial charge in [0.25, 0.3) is 0 Å². The van der Waals surface area contributed by atoms with Crippen LogP contribution in [0.5, 0.6) is 0 Å². The maximum atomic E-state index is 5.77. The van der Waals surface area contributed by atoms with E-state index in [-0.39, 0.29) is 29.4 Å². The minimum absolute atomic E-state index is 0. The lowest BCUT2D eigenvalue weighted by Crippen LogP contribution is -2.37. The van der Waals surface area contributed by atoms with Crippen molar-refractivity contribution in [1.82, 2.24) is 20.6 Å². The summed E-state index contributed by atoms with van der Waals surface area (Å²) in [6.45, 7) is 9.76. The summed E-state index contributed by atoms with van der Waals surface area (Å²) >= 11 is 1.77. The van der Waals surface area contributed by atoms with E-state index in [1.165, 1.54) is 4.88 Å². The van der Waals surface area contributed by atoms with Crippen molar-refractivity contribution in [3.05, 3.63) is 33.9 Å². The van der Waals surface area contributed by atoms with Gasteiger partial charge in [-0.3, -0.25) is 4.99 Å². The smallest absolute Gasteiger partial charge is 0.213 e. The van der Waals surface area contributed by atoms with E-state index in [1.807, 2.05) is 6.20 Å².